The monoisotopic (exact) mass is 256 g/mol. The first-order valence-corrected chi connectivity index (χ1v) is 5.38. The minimum Gasteiger partial charge on any atom is -0.330 e. The molecule has 0 bridgehead atoms. The Morgan fingerprint density at radius 2 is 1.83 bits per heavy atom. The summed E-state index contributed by atoms with van der Waals surface area (Å²) in [6.07, 6.45) is 1.32. The van der Waals surface area contributed by atoms with Gasteiger partial charge in [0, 0.05) is 12.0 Å². The van der Waals surface area contributed by atoms with Crippen molar-refractivity contribution in [2.45, 2.75) is 12.8 Å². The van der Waals surface area contributed by atoms with Crippen LogP contribution in [0, 0.1) is 17.5 Å². The van der Waals surface area contributed by atoms with Crippen LogP contribution >= 0.6 is 0 Å². The fraction of sp³-hybridized carbons (Fsp3) is 0.273. The molecule has 1 aromatic heterocycles. The number of hydrogen-bond acceptors (Lipinski definition) is 3. The van der Waals surface area contributed by atoms with E-state index in [1.165, 1.54) is 0 Å². The molecule has 0 aliphatic carbocycles. The molecule has 0 saturated carbocycles. The molecule has 4 nitrogen and oxygen atoms in total. The fourth-order valence-corrected chi connectivity index (χ4v) is 1.49. The first-order valence-electron chi connectivity index (χ1n) is 5.38. The van der Waals surface area contributed by atoms with Crippen molar-refractivity contribution in [3.63, 3.8) is 0 Å². The number of hydrogen-bond donors (Lipinski definition) is 2. The van der Waals surface area contributed by atoms with Gasteiger partial charge in [0.2, 0.25) is 0 Å². The zero-order chi connectivity index (χ0) is 13.1. The molecule has 2 aromatic rings. The molecule has 0 saturated heterocycles. The van der Waals surface area contributed by atoms with Gasteiger partial charge in [-0.25, -0.2) is 18.2 Å². The summed E-state index contributed by atoms with van der Waals surface area (Å²) in [5, 5.41) is 6.46. The van der Waals surface area contributed by atoms with Gasteiger partial charge in [0.25, 0.3) is 0 Å². The number of H-pyrrole nitrogens is 1. The predicted molar refractivity (Wildman–Crippen MR) is 59.1 cm³/mol. The van der Waals surface area contributed by atoms with Crippen LogP contribution < -0.4 is 5.73 Å². The maximum atomic E-state index is 13.0. The second-order valence-electron chi connectivity index (χ2n) is 3.75. The summed E-state index contributed by atoms with van der Waals surface area (Å²) in [4.78, 5) is 4.05. The van der Waals surface area contributed by atoms with Gasteiger partial charge in [-0.3, -0.25) is 5.10 Å². The van der Waals surface area contributed by atoms with Crippen molar-refractivity contribution in [2.75, 3.05) is 6.54 Å². The fourth-order valence-electron chi connectivity index (χ4n) is 1.49. The van der Waals surface area contributed by atoms with E-state index in [-0.39, 0.29) is 11.4 Å². The molecule has 7 heteroatoms. The first kappa shape index (κ1) is 12.6. The highest BCUT2D eigenvalue weighted by molar-refractivity contribution is 5.54. The molecule has 0 fully saturated rings. The summed E-state index contributed by atoms with van der Waals surface area (Å²) < 4.78 is 38.9. The molecule has 1 heterocycles. The smallest absolute Gasteiger partial charge is 0.194 e. The van der Waals surface area contributed by atoms with Crippen LogP contribution in [0.15, 0.2) is 12.1 Å². The Balaban J connectivity index is 2.28. The van der Waals surface area contributed by atoms with Gasteiger partial charge in [0.1, 0.15) is 5.82 Å². The molecule has 2 rings (SSSR count). The molecule has 0 atom stereocenters. The van der Waals surface area contributed by atoms with Crippen molar-refractivity contribution in [1.82, 2.24) is 15.2 Å². The molecular weight excluding hydrogens is 245 g/mol. The van der Waals surface area contributed by atoms with Crippen LogP contribution in [-0.4, -0.2) is 21.7 Å². The van der Waals surface area contributed by atoms with E-state index < -0.39 is 17.5 Å². The normalized spacial score (nSPS) is 10.9. The van der Waals surface area contributed by atoms with Gasteiger partial charge in [-0.15, -0.1) is 0 Å². The lowest BCUT2D eigenvalue weighted by atomic mass is 10.2. The average Bonchev–Trinajstić information content (AvgIpc) is 2.81. The Bertz CT molecular complexity index is 530. The third kappa shape index (κ3) is 2.51. The zero-order valence-corrected chi connectivity index (χ0v) is 9.38. The highest BCUT2D eigenvalue weighted by Gasteiger charge is 2.14. The van der Waals surface area contributed by atoms with Crippen molar-refractivity contribution < 1.29 is 13.2 Å². The number of rotatable bonds is 4. The number of nitrogens with two attached hydrogens (primary N) is 1. The molecule has 3 N–H and O–H groups in total. The maximum absolute atomic E-state index is 13.0. The number of nitrogens with one attached hydrogen (secondary N) is 1. The van der Waals surface area contributed by atoms with Crippen molar-refractivity contribution >= 4 is 0 Å². The maximum Gasteiger partial charge on any atom is 0.194 e. The zero-order valence-electron chi connectivity index (χ0n) is 9.38. The third-order valence-corrected chi connectivity index (χ3v) is 2.39. The van der Waals surface area contributed by atoms with Crippen molar-refractivity contribution in [3.8, 4) is 11.4 Å². The quantitative estimate of drug-likeness (QED) is 0.819. The summed E-state index contributed by atoms with van der Waals surface area (Å²) >= 11 is 0. The van der Waals surface area contributed by atoms with Crippen LogP contribution in [0.1, 0.15) is 12.2 Å². The third-order valence-electron chi connectivity index (χ3n) is 2.39. The van der Waals surface area contributed by atoms with Crippen LogP contribution in [0.3, 0.4) is 0 Å². The number of nitrogens with zero attached hydrogens (tertiary/aromatic N) is 2. The topological polar surface area (TPSA) is 67.6 Å². The van der Waals surface area contributed by atoms with E-state index in [2.05, 4.69) is 15.2 Å². The highest BCUT2D eigenvalue weighted by atomic mass is 19.2. The molecular formula is C11H11F3N4. The van der Waals surface area contributed by atoms with E-state index in [0.717, 1.165) is 18.6 Å². The van der Waals surface area contributed by atoms with Gasteiger partial charge < -0.3 is 5.73 Å². The molecule has 0 spiro atoms. The van der Waals surface area contributed by atoms with Crippen LogP contribution in [0.2, 0.25) is 0 Å². The van der Waals surface area contributed by atoms with Gasteiger partial charge in [-0.1, -0.05) is 0 Å². The second-order valence-corrected chi connectivity index (χ2v) is 3.75. The molecule has 0 unspecified atom stereocenters. The molecule has 0 radical (unpaired) electrons. The summed E-state index contributed by atoms with van der Waals surface area (Å²) in [7, 11) is 0. The number of aryl methyl sites for hydroxylation is 1. The van der Waals surface area contributed by atoms with Gasteiger partial charge in [0.05, 0.1) is 0 Å². The Morgan fingerprint density at radius 3 is 2.44 bits per heavy atom. The van der Waals surface area contributed by atoms with Crippen LogP contribution in [-0.2, 0) is 6.42 Å². The van der Waals surface area contributed by atoms with Crippen LogP contribution in [0.25, 0.3) is 11.4 Å². The standard InChI is InChI=1S/C11H11F3N4/c12-7-4-6(5-8(13)10(7)14)11-16-9(17-18-11)2-1-3-15/h4-5H,1-3,15H2,(H,16,17,18). The Labute approximate surface area is 101 Å². The molecule has 0 aliphatic rings. The molecule has 0 amide bonds. The lowest BCUT2D eigenvalue weighted by Gasteiger charge is -1.98. The summed E-state index contributed by atoms with van der Waals surface area (Å²) in [6.45, 7) is 0.510. The molecule has 96 valence electrons. The number of aromatic amines is 1. The van der Waals surface area contributed by atoms with E-state index in [9.17, 15) is 13.2 Å². The second kappa shape index (κ2) is 5.18. The van der Waals surface area contributed by atoms with Gasteiger partial charge in [0.15, 0.2) is 23.3 Å². The van der Waals surface area contributed by atoms with Crippen molar-refractivity contribution in [3.05, 3.63) is 35.4 Å². The number of benzene rings is 1. The summed E-state index contributed by atoms with van der Waals surface area (Å²) in [5.74, 6) is -3.34. The lowest BCUT2D eigenvalue weighted by Crippen LogP contribution is -2.01. The highest BCUT2D eigenvalue weighted by Crippen LogP contribution is 2.20. The van der Waals surface area contributed by atoms with Crippen LogP contribution in [0.4, 0.5) is 13.2 Å². The van der Waals surface area contributed by atoms with E-state index in [1.54, 1.807) is 0 Å². The van der Waals surface area contributed by atoms with E-state index >= 15 is 0 Å². The van der Waals surface area contributed by atoms with E-state index in [4.69, 9.17) is 5.73 Å². The Hall–Kier alpha value is -1.89. The van der Waals surface area contributed by atoms with Gasteiger partial charge >= 0.3 is 0 Å². The van der Waals surface area contributed by atoms with E-state index in [0.29, 0.717) is 18.8 Å². The van der Waals surface area contributed by atoms with Gasteiger partial charge in [-0.05, 0) is 25.1 Å². The van der Waals surface area contributed by atoms with Gasteiger partial charge in [-0.2, -0.15) is 5.10 Å². The SMILES string of the molecule is NCCCc1nc(-c2cc(F)c(F)c(F)c2)n[nH]1. The minimum atomic E-state index is -1.50. The molecule has 18 heavy (non-hydrogen) atoms. The molecule has 0 aliphatic heterocycles. The average molecular weight is 256 g/mol. The van der Waals surface area contributed by atoms with Crippen molar-refractivity contribution in [2.24, 2.45) is 5.73 Å². The van der Waals surface area contributed by atoms with E-state index in [1.807, 2.05) is 0 Å². The number of halogens is 3. The van der Waals surface area contributed by atoms with Crippen LogP contribution in [0.5, 0.6) is 0 Å². The summed E-state index contributed by atoms with van der Waals surface area (Å²) in [6, 6.07) is 1.71. The molecule has 1 aromatic carbocycles. The number of aromatic nitrogens is 3. The lowest BCUT2D eigenvalue weighted by molar-refractivity contribution is 0.447. The Kier molecular flexibility index (Phi) is 3.61. The predicted octanol–water partition coefficient (Wildman–Crippen LogP) is 1.78. The summed E-state index contributed by atoms with van der Waals surface area (Å²) in [5.41, 5.74) is 5.43. The first-order chi connectivity index (χ1) is 8.61. The Morgan fingerprint density at radius 1 is 1.17 bits per heavy atom. The largest absolute Gasteiger partial charge is 0.330 e. The van der Waals surface area contributed by atoms with Crippen molar-refractivity contribution in [1.29, 1.82) is 0 Å². The minimum absolute atomic E-state index is 0.0849.